The van der Waals surface area contributed by atoms with E-state index in [1.807, 2.05) is 9.80 Å². The number of aryl methyl sites for hydroxylation is 1. The highest BCUT2D eigenvalue weighted by molar-refractivity contribution is 5.83. The summed E-state index contributed by atoms with van der Waals surface area (Å²) in [6.45, 7) is 6.23. The molecule has 27 heavy (non-hydrogen) atoms. The minimum Gasteiger partial charge on any atom is -0.350 e. The lowest BCUT2D eigenvalue weighted by Crippen LogP contribution is -2.52. The van der Waals surface area contributed by atoms with Crippen LogP contribution in [0.2, 0.25) is 0 Å². The molecule has 6 nitrogen and oxygen atoms in total. The standard InChI is InChI=1S/C21H31N5O/c1-22(2)19-8-10-26(16-19)21(27)25-13-11-24(12-14-25)15-18-6-4-5-17-7-9-23(3)20(17)18/h4-7,9,19H,8,10-16H2,1-3H3/t19-/m0/s1. The molecule has 2 saturated heterocycles. The highest BCUT2D eigenvalue weighted by Crippen LogP contribution is 2.22. The van der Waals surface area contributed by atoms with Crippen LogP contribution >= 0.6 is 0 Å². The number of fused-ring (bicyclic) bond motifs is 1. The summed E-state index contributed by atoms with van der Waals surface area (Å²) in [5, 5.41) is 1.30. The van der Waals surface area contributed by atoms with Crippen LogP contribution in [0.5, 0.6) is 0 Å². The monoisotopic (exact) mass is 369 g/mol. The van der Waals surface area contributed by atoms with Crippen LogP contribution in [0.25, 0.3) is 10.9 Å². The summed E-state index contributed by atoms with van der Waals surface area (Å²) in [5.74, 6) is 0. The third-order valence-electron chi connectivity index (χ3n) is 6.18. The molecule has 2 amide bonds. The summed E-state index contributed by atoms with van der Waals surface area (Å²) < 4.78 is 2.21. The number of nitrogens with zero attached hydrogens (tertiary/aromatic N) is 5. The molecular formula is C21H31N5O. The van der Waals surface area contributed by atoms with Crippen molar-refractivity contribution in [3.63, 3.8) is 0 Å². The summed E-state index contributed by atoms with van der Waals surface area (Å²) in [6, 6.07) is 9.45. The molecule has 6 heteroatoms. The van der Waals surface area contributed by atoms with Gasteiger partial charge in [0.15, 0.2) is 0 Å². The third kappa shape index (κ3) is 3.69. The lowest BCUT2D eigenvalue weighted by atomic mass is 10.1. The van der Waals surface area contributed by atoms with Gasteiger partial charge in [-0.25, -0.2) is 4.79 Å². The molecule has 2 aromatic rings. The minimum absolute atomic E-state index is 0.225. The van der Waals surface area contributed by atoms with Crippen molar-refractivity contribution in [1.82, 2.24) is 24.2 Å². The lowest BCUT2D eigenvalue weighted by molar-refractivity contribution is 0.113. The van der Waals surface area contributed by atoms with Gasteiger partial charge < -0.3 is 19.3 Å². The average Bonchev–Trinajstić information content (AvgIpc) is 3.30. The molecule has 0 bridgehead atoms. The van der Waals surface area contributed by atoms with Gasteiger partial charge in [0.2, 0.25) is 0 Å². The van der Waals surface area contributed by atoms with E-state index in [4.69, 9.17) is 0 Å². The fourth-order valence-corrected chi connectivity index (χ4v) is 4.45. The van der Waals surface area contributed by atoms with Crippen LogP contribution in [0.15, 0.2) is 30.5 Å². The van der Waals surface area contributed by atoms with Crippen molar-refractivity contribution < 1.29 is 4.79 Å². The summed E-state index contributed by atoms with van der Waals surface area (Å²) in [4.78, 5) is 21.6. The number of amides is 2. The Kier molecular flexibility index (Phi) is 5.10. The molecule has 2 aliphatic rings. The van der Waals surface area contributed by atoms with Crippen LogP contribution in [0, 0.1) is 0 Å². The number of likely N-dealkylation sites (N-methyl/N-ethyl adjacent to an activating group) is 1. The first-order chi connectivity index (χ1) is 13.0. The number of carbonyl (C=O) groups is 1. The van der Waals surface area contributed by atoms with Crippen molar-refractivity contribution in [3.05, 3.63) is 36.0 Å². The van der Waals surface area contributed by atoms with E-state index in [9.17, 15) is 4.79 Å². The molecular weight excluding hydrogens is 338 g/mol. The molecule has 0 unspecified atom stereocenters. The van der Waals surface area contributed by atoms with E-state index in [0.717, 1.165) is 52.2 Å². The molecule has 3 heterocycles. The minimum atomic E-state index is 0.225. The maximum absolute atomic E-state index is 12.8. The number of para-hydroxylation sites is 1. The quantitative estimate of drug-likeness (QED) is 0.831. The topological polar surface area (TPSA) is 35.0 Å². The Labute approximate surface area is 161 Å². The van der Waals surface area contributed by atoms with E-state index in [1.165, 1.54) is 16.5 Å². The first kappa shape index (κ1) is 18.3. The van der Waals surface area contributed by atoms with Crippen molar-refractivity contribution in [1.29, 1.82) is 0 Å². The normalized spacial score (nSPS) is 21.6. The summed E-state index contributed by atoms with van der Waals surface area (Å²) in [5.41, 5.74) is 2.69. The van der Waals surface area contributed by atoms with Gasteiger partial charge in [-0.2, -0.15) is 0 Å². The molecule has 2 aliphatic heterocycles. The number of piperazine rings is 1. The van der Waals surface area contributed by atoms with Crippen LogP contribution in [0.3, 0.4) is 0 Å². The summed E-state index contributed by atoms with van der Waals surface area (Å²) >= 11 is 0. The predicted octanol–water partition coefficient (Wildman–Crippen LogP) is 2.05. The Bertz CT molecular complexity index is 806. The highest BCUT2D eigenvalue weighted by Gasteiger charge is 2.31. The Morgan fingerprint density at radius 1 is 1.07 bits per heavy atom. The van der Waals surface area contributed by atoms with Crippen molar-refractivity contribution in [2.24, 2.45) is 7.05 Å². The third-order valence-corrected chi connectivity index (χ3v) is 6.18. The fraction of sp³-hybridized carbons (Fsp3) is 0.571. The molecule has 0 aliphatic carbocycles. The van der Waals surface area contributed by atoms with Crippen LogP contribution in [-0.2, 0) is 13.6 Å². The van der Waals surface area contributed by atoms with Crippen LogP contribution in [0.4, 0.5) is 4.79 Å². The fourth-order valence-electron chi connectivity index (χ4n) is 4.45. The van der Waals surface area contributed by atoms with E-state index in [0.29, 0.717) is 6.04 Å². The Balaban J connectivity index is 1.34. The maximum Gasteiger partial charge on any atom is 0.320 e. The molecule has 4 rings (SSSR count). The Hall–Kier alpha value is -2.05. The summed E-state index contributed by atoms with van der Waals surface area (Å²) in [7, 11) is 6.31. The first-order valence-electron chi connectivity index (χ1n) is 9.98. The first-order valence-corrected chi connectivity index (χ1v) is 9.98. The lowest BCUT2D eigenvalue weighted by Gasteiger charge is -2.37. The molecule has 0 saturated carbocycles. The van der Waals surface area contributed by atoms with E-state index in [-0.39, 0.29) is 6.03 Å². The number of aromatic nitrogens is 1. The molecule has 0 radical (unpaired) electrons. The van der Waals surface area contributed by atoms with Gasteiger partial charge in [0, 0.05) is 65.1 Å². The van der Waals surface area contributed by atoms with Gasteiger partial charge >= 0.3 is 6.03 Å². The maximum atomic E-state index is 12.8. The van der Waals surface area contributed by atoms with Crippen LogP contribution in [0.1, 0.15) is 12.0 Å². The smallest absolute Gasteiger partial charge is 0.320 e. The molecule has 0 spiro atoms. The van der Waals surface area contributed by atoms with Crippen molar-refractivity contribution in [2.75, 3.05) is 53.4 Å². The molecule has 1 aromatic heterocycles. The number of rotatable bonds is 3. The van der Waals surface area contributed by atoms with Gasteiger partial charge in [-0.15, -0.1) is 0 Å². The molecule has 1 aromatic carbocycles. The average molecular weight is 370 g/mol. The van der Waals surface area contributed by atoms with Gasteiger partial charge in [0.25, 0.3) is 0 Å². The second-order valence-corrected chi connectivity index (χ2v) is 8.18. The number of likely N-dealkylation sites (tertiary alicyclic amines) is 1. The zero-order valence-electron chi connectivity index (χ0n) is 16.8. The number of benzene rings is 1. The second kappa shape index (κ2) is 7.52. The van der Waals surface area contributed by atoms with Gasteiger partial charge in [-0.05, 0) is 37.5 Å². The van der Waals surface area contributed by atoms with Crippen molar-refractivity contribution >= 4 is 16.9 Å². The second-order valence-electron chi connectivity index (χ2n) is 8.18. The van der Waals surface area contributed by atoms with Crippen LogP contribution in [-0.4, -0.2) is 89.6 Å². The Morgan fingerprint density at radius 3 is 2.56 bits per heavy atom. The van der Waals surface area contributed by atoms with Crippen LogP contribution < -0.4 is 0 Å². The molecule has 0 N–H and O–H groups in total. The zero-order chi connectivity index (χ0) is 19.0. The van der Waals surface area contributed by atoms with E-state index < -0.39 is 0 Å². The summed E-state index contributed by atoms with van der Waals surface area (Å²) in [6.07, 6.45) is 3.21. The molecule has 2 fully saturated rings. The number of hydrogen-bond acceptors (Lipinski definition) is 3. The van der Waals surface area contributed by atoms with Gasteiger partial charge in [0.05, 0.1) is 5.52 Å². The number of carbonyl (C=O) groups excluding carboxylic acids is 1. The van der Waals surface area contributed by atoms with Crippen molar-refractivity contribution in [2.45, 2.75) is 19.0 Å². The largest absolute Gasteiger partial charge is 0.350 e. The Morgan fingerprint density at radius 2 is 1.85 bits per heavy atom. The van der Waals surface area contributed by atoms with E-state index >= 15 is 0 Å². The number of hydrogen-bond donors (Lipinski definition) is 0. The SMILES string of the molecule is CN(C)[C@H]1CCN(C(=O)N2CCN(Cc3cccc4ccn(C)c34)CC2)C1. The van der Waals surface area contributed by atoms with Gasteiger partial charge in [-0.1, -0.05) is 18.2 Å². The van der Waals surface area contributed by atoms with Gasteiger partial charge in [0.1, 0.15) is 0 Å². The molecule has 1 atom stereocenters. The van der Waals surface area contributed by atoms with E-state index in [2.05, 4.69) is 66.0 Å². The van der Waals surface area contributed by atoms with E-state index in [1.54, 1.807) is 0 Å². The number of urea groups is 1. The molecule has 146 valence electrons. The van der Waals surface area contributed by atoms with Gasteiger partial charge in [-0.3, -0.25) is 4.90 Å². The van der Waals surface area contributed by atoms with Crippen molar-refractivity contribution in [3.8, 4) is 0 Å². The highest BCUT2D eigenvalue weighted by atomic mass is 16.2. The predicted molar refractivity (Wildman–Crippen MR) is 109 cm³/mol. The zero-order valence-corrected chi connectivity index (χ0v) is 16.8.